The van der Waals surface area contributed by atoms with Crippen LogP contribution in [0.15, 0.2) is 42.6 Å². The molecule has 0 aliphatic heterocycles. The van der Waals surface area contributed by atoms with Crippen molar-refractivity contribution >= 4 is 12.0 Å². The molecular weight excluding hydrogens is 382 g/mol. The van der Waals surface area contributed by atoms with Crippen molar-refractivity contribution in [3.05, 3.63) is 53.7 Å². The Labute approximate surface area is 179 Å². The minimum Gasteiger partial charge on any atom is -0.444 e. The van der Waals surface area contributed by atoms with E-state index in [4.69, 9.17) is 9.47 Å². The van der Waals surface area contributed by atoms with E-state index in [0.717, 1.165) is 16.8 Å². The molecule has 0 spiro atoms. The van der Waals surface area contributed by atoms with E-state index in [2.05, 4.69) is 15.6 Å². The molecule has 0 fully saturated rings. The molecule has 7 nitrogen and oxygen atoms in total. The molecule has 2 N–H and O–H groups in total. The fraction of sp³-hybridized carbons (Fsp3) is 0.435. The molecule has 7 heteroatoms. The van der Waals surface area contributed by atoms with Crippen LogP contribution in [0.5, 0.6) is 0 Å². The summed E-state index contributed by atoms with van der Waals surface area (Å²) < 4.78 is 10.2. The number of hydrogen-bond donors (Lipinski definition) is 2. The van der Waals surface area contributed by atoms with Gasteiger partial charge in [-0.25, -0.2) is 4.79 Å². The van der Waals surface area contributed by atoms with Gasteiger partial charge in [0.05, 0.1) is 12.3 Å². The lowest BCUT2D eigenvalue weighted by atomic mass is 10.1. The summed E-state index contributed by atoms with van der Waals surface area (Å²) in [7, 11) is 1.59. The molecule has 2 rings (SSSR count). The summed E-state index contributed by atoms with van der Waals surface area (Å²) in [6, 6.07) is 10.9. The first kappa shape index (κ1) is 25.1. The van der Waals surface area contributed by atoms with Crippen molar-refractivity contribution in [2.24, 2.45) is 0 Å². The van der Waals surface area contributed by atoms with Crippen LogP contribution in [-0.4, -0.2) is 42.8 Å². The molecule has 0 saturated carbocycles. The van der Waals surface area contributed by atoms with E-state index in [1.807, 2.05) is 58.9 Å². The summed E-state index contributed by atoms with van der Waals surface area (Å²) >= 11 is 0. The van der Waals surface area contributed by atoms with Crippen molar-refractivity contribution in [3.63, 3.8) is 0 Å². The van der Waals surface area contributed by atoms with Crippen molar-refractivity contribution in [2.75, 3.05) is 20.3 Å². The smallest absolute Gasteiger partial charge is 0.407 e. The Balaban J connectivity index is 0.00000218. The standard InChI is InChI=1S/C21H27N3O4.C2H6/c1-21(2,3)28-20(26)24-14-15-9-10-22-18(13-15)16-5-7-17(8-6-16)19(25)23-11-12-27-4;1-2/h5-10,13H,11-12,14H2,1-4H3,(H,23,25)(H,24,26);1-2H3. The number of benzene rings is 1. The van der Waals surface area contributed by atoms with Crippen LogP contribution in [0, 0.1) is 0 Å². The van der Waals surface area contributed by atoms with Crippen molar-refractivity contribution in [1.29, 1.82) is 0 Å². The maximum Gasteiger partial charge on any atom is 0.407 e. The SMILES string of the molecule is CC.COCCNC(=O)c1ccc(-c2cc(CNC(=O)OC(C)(C)C)ccn2)cc1. The maximum absolute atomic E-state index is 12.0. The summed E-state index contributed by atoms with van der Waals surface area (Å²) in [5, 5.41) is 5.51. The highest BCUT2D eigenvalue weighted by atomic mass is 16.6. The van der Waals surface area contributed by atoms with Crippen LogP contribution in [0.3, 0.4) is 0 Å². The van der Waals surface area contributed by atoms with E-state index < -0.39 is 11.7 Å². The number of alkyl carbamates (subject to hydrolysis) is 1. The summed E-state index contributed by atoms with van der Waals surface area (Å²) in [5.41, 5.74) is 2.58. The minimum absolute atomic E-state index is 0.146. The molecule has 0 saturated heterocycles. The summed E-state index contributed by atoms with van der Waals surface area (Å²) in [6.07, 6.45) is 1.22. The van der Waals surface area contributed by atoms with Gasteiger partial charge in [0, 0.05) is 37.5 Å². The van der Waals surface area contributed by atoms with E-state index in [-0.39, 0.29) is 5.91 Å². The molecule has 1 heterocycles. The average Bonchev–Trinajstić information content (AvgIpc) is 2.73. The third-order valence-corrected chi connectivity index (χ3v) is 3.69. The predicted molar refractivity (Wildman–Crippen MR) is 118 cm³/mol. The molecular formula is C23H33N3O4. The minimum atomic E-state index is -0.537. The number of aromatic nitrogens is 1. The molecule has 0 aliphatic rings. The second-order valence-electron chi connectivity index (χ2n) is 7.23. The topological polar surface area (TPSA) is 89.6 Å². The molecule has 164 valence electrons. The van der Waals surface area contributed by atoms with Gasteiger partial charge < -0.3 is 20.1 Å². The second-order valence-corrected chi connectivity index (χ2v) is 7.23. The van der Waals surface area contributed by atoms with Crippen LogP contribution in [0.25, 0.3) is 11.3 Å². The zero-order valence-corrected chi connectivity index (χ0v) is 18.7. The van der Waals surface area contributed by atoms with E-state index in [9.17, 15) is 9.59 Å². The van der Waals surface area contributed by atoms with Crippen molar-refractivity contribution in [3.8, 4) is 11.3 Å². The third-order valence-electron chi connectivity index (χ3n) is 3.69. The van der Waals surface area contributed by atoms with Gasteiger partial charge in [-0.1, -0.05) is 26.0 Å². The van der Waals surface area contributed by atoms with Gasteiger partial charge in [-0.3, -0.25) is 9.78 Å². The molecule has 0 atom stereocenters. The number of methoxy groups -OCH3 is 1. The van der Waals surface area contributed by atoms with Gasteiger partial charge in [0.25, 0.3) is 5.91 Å². The highest BCUT2D eigenvalue weighted by Crippen LogP contribution is 2.19. The average molecular weight is 416 g/mol. The van der Waals surface area contributed by atoms with Crippen molar-refractivity contribution < 1.29 is 19.1 Å². The zero-order valence-electron chi connectivity index (χ0n) is 18.7. The van der Waals surface area contributed by atoms with E-state index in [1.54, 1.807) is 25.4 Å². The zero-order chi connectivity index (χ0) is 22.6. The first-order chi connectivity index (χ1) is 14.3. The molecule has 0 aliphatic carbocycles. The number of pyridine rings is 1. The second kappa shape index (κ2) is 12.6. The quantitative estimate of drug-likeness (QED) is 0.662. The maximum atomic E-state index is 12.0. The van der Waals surface area contributed by atoms with Gasteiger partial charge in [0.1, 0.15) is 5.60 Å². The highest BCUT2D eigenvalue weighted by molar-refractivity contribution is 5.94. The van der Waals surface area contributed by atoms with Gasteiger partial charge in [-0.15, -0.1) is 0 Å². The van der Waals surface area contributed by atoms with Gasteiger partial charge >= 0.3 is 6.09 Å². The van der Waals surface area contributed by atoms with Crippen LogP contribution in [0.1, 0.15) is 50.5 Å². The molecule has 1 aromatic carbocycles. The largest absolute Gasteiger partial charge is 0.444 e. The number of ether oxygens (including phenoxy) is 2. The number of carbonyl (C=O) groups excluding carboxylic acids is 2. The predicted octanol–water partition coefficient (Wildman–Crippen LogP) is 4.18. The number of nitrogens with one attached hydrogen (secondary N) is 2. The van der Waals surface area contributed by atoms with Crippen molar-refractivity contribution in [1.82, 2.24) is 15.6 Å². The lowest BCUT2D eigenvalue weighted by Gasteiger charge is -2.19. The Morgan fingerprint density at radius 3 is 2.30 bits per heavy atom. The number of amides is 2. The van der Waals surface area contributed by atoms with Gasteiger partial charge in [0.2, 0.25) is 0 Å². The molecule has 2 amide bonds. The number of nitrogens with zero attached hydrogens (tertiary/aromatic N) is 1. The van der Waals surface area contributed by atoms with Crippen LogP contribution >= 0.6 is 0 Å². The Kier molecular flexibility index (Phi) is 10.5. The molecule has 0 radical (unpaired) electrons. The normalized spacial score (nSPS) is 10.5. The number of rotatable bonds is 7. The third kappa shape index (κ3) is 9.05. The number of hydrogen-bond acceptors (Lipinski definition) is 5. The van der Waals surface area contributed by atoms with Crippen molar-refractivity contribution in [2.45, 2.75) is 46.8 Å². The molecule has 1 aromatic heterocycles. The summed E-state index contributed by atoms with van der Waals surface area (Å²) in [5.74, 6) is -0.146. The van der Waals surface area contributed by atoms with Crippen LogP contribution in [-0.2, 0) is 16.0 Å². The van der Waals surface area contributed by atoms with Gasteiger partial charge in [-0.2, -0.15) is 0 Å². The van der Waals surface area contributed by atoms with Gasteiger partial charge in [-0.05, 0) is 50.6 Å². The van der Waals surface area contributed by atoms with E-state index in [1.165, 1.54) is 0 Å². The highest BCUT2D eigenvalue weighted by Gasteiger charge is 2.15. The number of carbonyl (C=O) groups is 2. The van der Waals surface area contributed by atoms with Crippen LogP contribution in [0.2, 0.25) is 0 Å². The Bertz CT molecular complexity index is 799. The van der Waals surface area contributed by atoms with Crippen LogP contribution in [0.4, 0.5) is 4.79 Å². The Morgan fingerprint density at radius 2 is 1.70 bits per heavy atom. The molecule has 0 bridgehead atoms. The summed E-state index contributed by atoms with van der Waals surface area (Å²) in [4.78, 5) is 28.2. The van der Waals surface area contributed by atoms with Gasteiger partial charge in [0.15, 0.2) is 0 Å². The molecule has 30 heavy (non-hydrogen) atoms. The summed E-state index contributed by atoms with van der Waals surface area (Å²) in [6.45, 7) is 10.7. The van der Waals surface area contributed by atoms with E-state index >= 15 is 0 Å². The van der Waals surface area contributed by atoms with Crippen LogP contribution < -0.4 is 10.6 Å². The first-order valence-electron chi connectivity index (χ1n) is 10.1. The first-order valence-corrected chi connectivity index (χ1v) is 10.1. The Morgan fingerprint density at radius 1 is 1.03 bits per heavy atom. The fourth-order valence-electron chi connectivity index (χ4n) is 2.39. The molecule has 0 unspecified atom stereocenters. The lowest BCUT2D eigenvalue weighted by Crippen LogP contribution is -2.32. The fourth-order valence-corrected chi connectivity index (χ4v) is 2.39. The van der Waals surface area contributed by atoms with E-state index in [0.29, 0.717) is 25.3 Å². The monoisotopic (exact) mass is 415 g/mol. The molecule has 2 aromatic rings. The lowest BCUT2D eigenvalue weighted by molar-refractivity contribution is 0.0523. The Hall–Kier alpha value is -2.93.